The first-order valence-corrected chi connectivity index (χ1v) is 4.81. The summed E-state index contributed by atoms with van der Waals surface area (Å²) in [6.07, 6.45) is 2.17. The zero-order chi connectivity index (χ0) is 11.6. The quantitative estimate of drug-likeness (QED) is 0.676. The van der Waals surface area contributed by atoms with Crippen molar-refractivity contribution in [2.24, 2.45) is 0 Å². The summed E-state index contributed by atoms with van der Waals surface area (Å²) in [4.78, 5) is 10.6. The summed E-state index contributed by atoms with van der Waals surface area (Å²) in [5, 5.41) is 0. The molecule has 1 aromatic rings. The molecule has 0 aliphatic rings. The number of aldehydes is 1. The minimum Gasteiger partial charge on any atom is -0.298 e. The van der Waals surface area contributed by atoms with Gasteiger partial charge in [-0.25, -0.2) is 4.39 Å². The molecule has 0 radical (unpaired) electrons. The minimum atomic E-state index is -0.472. The van der Waals surface area contributed by atoms with Crippen LogP contribution < -0.4 is 0 Å². The molecule has 0 aliphatic carbocycles. The maximum absolute atomic E-state index is 13.4. The molecule has 0 heterocycles. The van der Waals surface area contributed by atoms with Gasteiger partial charge in [0.25, 0.3) is 0 Å². The molecule has 0 bridgehead atoms. The van der Waals surface area contributed by atoms with Crippen molar-refractivity contribution in [3.05, 3.63) is 41.2 Å². The summed E-state index contributed by atoms with van der Waals surface area (Å²) in [6, 6.07) is 2.96. The van der Waals surface area contributed by atoms with Crippen LogP contribution in [0, 0.1) is 5.82 Å². The summed E-state index contributed by atoms with van der Waals surface area (Å²) in [6.45, 7) is 9.66. The van der Waals surface area contributed by atoms with Crippen molar-refractivity contribution in [2.75, 3.05) is 0 Å². The van der Waals surface area contributed by atoms with E-state index in [4.69, 9.17) is 0 Å². The van der Waals surface area contributed by atoms with E-state index in [0.29, 0.717) is 6.29 Å². The lowest BCUT2D eigenvalue weighted by molar-refractivity contribution is 0.111. The monoisotopic (exact) mass is 206 g/mol. The highest BCUT2D eigenvalue weighted by Gasteiger charge is 2.19. The lowest BCUT2D eigenvalue weighted by atomic mass is 9.83. The molecule has 0 unspecified atom stereocenters. The van der Waals surface area contributed by atoms with Crippen LogP contribution >= 0.6 is 0 Å². The van der Waals surface area contributed by atoms with E-state index in [9.17, 15) is 9.18 Å². The first kappa shape index (κ1) is 11.6. The van der Waals surface area contributed by atoms with Gasteiger partial charge in [-0.15, -0.1) is 0 Å². The van der Waals surface area contributed by atoms with E-state index < -0.39 is 5.82 Å². The molecule has 0 atom stereocenters. The summed E-state index contributed by atoms with van der Waals surface area (Å²) in [7, 11) is 0. The second-order valence-corrected chi connectivity index (χ2v) is 4.53. The van der Waals surface area contributed by atoms with Crippen LogP contribution in [0.2, 0.25) is 0 Å². The Kier molecular flexibility index (Phi) is 3.08. The molecule has 0 saturated heterocycles. The molecule has 15 heavy (non-hydrogen) atoms. The van der Waals surface area contributed by atoms with E-state index in [1.165, 1.54) is 12.1 Å². The van der Waals surface area contributed by atoms with Crippen molar-refractivity contribution in [2.45, 2.75) is 26.2 Å². The minimum absolute atomic E-state index is 0.0814. The SMILES string of the molecule is C=Cc1cc(C=O)c(F)cc1C(C)(C)C. The van der Waals surface area contributed by atoms with Gasteiger partial charge in [-0.05, 0) is 28.7 Å². The number of carbonyl (C=O) groups is 1. The number of carbonyl (C=O) groups excluding carboxylic acids is 1. The maximum Gasteiger partial charge on any atom is 0.153 e. The summed E-state index contributed by atoms with van der Waals surface area (Å²) >= 11 is 0. The summed E-state index contributed by atoms with van der Waals surface area (Å²) in [5.74, 6) is -0.472. The van der Waals surface area contributed by atoms with Crippen molar-refractivity contribution in [3.8, 4) is 0 Å². The van der Waals surface area contributed by atoms with Gasteiger partial charge >= 0.3 is 0 Å². The molecular weight excluding hydrogens is 191 g/mol. The molecule has 0 spiro atoms. The maximum atomic E-state index is 13.4. The van der Waals surface area contributed by atoms with Gasteiger partial charge in [-0.1, -0.05) is 33.4 Å². The highest BCUT2D eigenvalue weighted by Crippen LogP contribution is 2.28. The highest BCUT2D eigenvalue weighted by molar-refractivity contribution is 5.77. The Labute approximate surface area is 89.6 Å². The van der Waals surface area contributed by atoms with E-state index in [1.54, 1.807) is 6.08 Å². The molecule has 0 amide bonds. The molecule has 0 aliphatic heterocycles. The van der Waals surface area contributed by atoms with Crippen molar-refractivity contribution in [1.29, 1.82) is 0 Å². The topological polar surface area (TPSA) is 17.1 Å². The van der Waals surface area contributed by atoms with Crippen molar-refractivity contribution in [3.63, 3.8) is 0 Å². The van der Waals surface area contributed by atoms with Crippen molar-refractivity contribution >= 4 is 12.4 Å². The van der Waals surface area contributed by atoms with Crippen LogP contribution in [0.15, 0.2) is 18.7 Å². The number of halogens is 1. The molecule has 0 aromatic heterocycles. The van der Waals surface area contributed by atoms with Crippen LogP contribution in [-0.2, 0) is 5.41 Å². The van der Waals surface area contributed by atoms with E-state index in [2.05, 4.69) is 6.58 Å². The van der Waals surface area contributed by atoms with Crippen LogP contribution in [0.3, 0.4) is 0 Å². The third-order valence-electron chi connectivity index (χ3n) is 2.32. The Morgan fingerprint density at radius 3 is 2.27 bits per heavy atom. The fraction of sp³-hybridized carbons (Fsp3) is 0.308. The zero-order valence-corrected chi connectivity index (χ0v) is 9.30. The number of benzene rings is 1. The van der Waals surface area contributed by atoms with Gasteiger partial charge in [0.05, 0.1) is 5.56 Å². The van der Waals surface area contributed by atoms with Crippen LogP contribution in [0.1, 0.15) is 42.3 Å². The highest BCUT2D eigenvalue weighted by atomic mass is 19.1. The first-order chi connectivity index (χ1) is 6.90. The first-order valence-electron chi connectivity index (χ1n) is 4.81. The van der Waals surface area contributed by atoms with E-state index in [1.807, 2.05) is 20.8 Å². The number of hydrogen-bond donors (Lipinski definition) is 0. The molecule has 1 nitrogen and oxygen atoms in total. The smallest absolute Gasteiger partial charge is 0.153 e. The van der Waals surface area contributed by atoms with Gasteiger partial charge in [0.15, 0.2) is 6.29 Å². The molecule has 0 N–H and O–H groups in total. The number of rotatable bonds is 2. The van der Waals surface area contributed by atoms with Crippen LogP contribution in [0.4, 0.5) is 4.39 Å². The largest absolute Gasteiger partial charge is 0.298 e. The van der Waals surface area contributed by atoms with E-state index in [-0.39, 0.29) is 11.0 Å². The molecule has 80 valence electrons. The lowest BCUT2D eigenvalue weighted by Gasteiger charge is -2.22. The molecular formula is C13H15FO. The Balaban J connectivity index is 3.47. The average molecular weight is 206 g/mol. The van der Waals surface area contributed by atoms with Gasteiger partial charge in [0.2, 0.25) is 0 Å². The second kappa shape index (κ2) is 3.97. The number of hydrogen-bond acceptors (Lipinski definition) is 1. The van der Waals surface area contributed by atoms with Crippen LogP contribution in [-0.4, -0.2) is 6.29 Å². The molecule has 1 aromatic carbocycles. The van der Waals surface area contributed by atoms with Gasteiger partial charge in [-0.2, -0.15) is 0 Å². The Morgan fingerprint density at radius 2 is 1.87 bits per heavy atom. The summed E-state index contributed by atoms with van der Waals surface area (Å²) < 4.78 is 13.4. The third kappa shape index (κ3) is 2.32. The fourth-order valence-corrected chi connectivity index (χ4v) is 1.52. The molecule has 1 rings (SSSR count). The molecule has 0 saturated carbocycles. The Bertz CT molecular complexity index is 400. The molecule has 2 heteroatoms. The van der Waals surface area contributed by atoms with Crippen LogP contribution in [0.5, 0.6) is 0 Å². The van der Waals surface area contributed by atoms with Gasteiger partial charge < -0.3 is 0 Å². The normalized spacial score (nSPS) is 11.2. The van der Waals surface area contributed by atoms with Crippen LogP contribution in [0.25, 0.3) is 6.08 Å². The Hall–Kier alpha value is -1.44. The average Bonchev–Trinajstić information content (AvgIpc) is 2.16. The van der Waals surface area contributed by atoms with Gasteiger partial charge in [0, 0.05) is 0 Å². The third-order valence-corrected chi connectivity index (χ3v) is 2.32. The van der Waals surface area contributed by atoms with Gasteiger partial charge in [-0.3, -0.25) is 4.79 Å². The lowest BCUT2D eigenvalue weighted by Crippen LogP contribution is -2.14. The van der Waals surface area contributed by atoms with E-state index >= 15 is 0 Å². The fourth-order valence-electron chi connectivity index (χ4n) is 1.52. The second-order valence-electron chi connectivity index (χ2n) is 4.53. The van der Waals surface area contributed by atoms with Crippen molar-refractivity contribution in [1.82, 2.24) is 0 Å². The summed E-state index contributed by atoms with van der Waals surface area (Å²) in [5.41, 5.74) is 1.59. The molecule has 0 fully saturated rings. The Morgan fingerprint density at radius 1 is 1.27 bits per heavy atom. The van der Waals surface area contributed by atoms with Gasteiger partial charge in [0.1, 0.15) is 5.82 Å². The van der Waals surface area contributed by atoms with E-state index in [0.717, 1.165) is 11.1 Å². The predicted octanol–water partition coefficient (Wildman–Crippen LogP) is 3.58. The van der Waals surface area contributed by atoms with Crippen molar-refractivity contribution < 1.29 is 9.18 Å². The standard InChI is InChI=1S/C13H15FO/c1-5-9-6-10(8-15)12(14)7-11(9)13(2,3)4/h5-8H,1H2,2-4H3. The predicted molar refractivity (Wildman–Crippen MR) is 60.6 cm³/mol. The zero-order valence-electron chi connectivity index (χ0n) is 9.30.